The molecule has 2 N–H and O–H groups in total. The molecular formula is C9H8ClN3S2. The normalized spacial score (nSPS) is 10.5. The van der Waals surface area contributed by atoms with E-state index in [9.17, 15) is 0 Å². The standard InChI is InChI=1S/C9H8ClN3S2/c1-5-7(11)8(13-9(10)12-5)15-6-3-2-4-14-6/h2-4H,11H2,1H3. The largest absolute Gasteiger partial charge is 0.395 e. The number of thiophene rings is 1. The number of aromatic nitrogens is 2. The molecule has 0 aliphatic rings. The number of rotatable bonds is 2. The fraction of sp³-hybridized carbons (Fsp3) is 0.111. The van der Waals surface area contributed by atoms with Crippen molar-refractivity contribution in [1.82, 2.24) is 9.97 Å². The average Bonchev–Trinajstić information content (AvgIpc) is 2.66. The van der Waals surface area contributed by atoms with Crippen LogP contribution in [0.4, 0.5) is 5.69 Å². The van der Waals surface area contributed by atoms with Crippen molar-refractivity contribution in [3.63, 3.8) is 0 Å². The van der Waals surface area contributed by atoms with Crippen LogP contribution in [0.2, 0.25) is 5.28 Å². The molecule has 3 nitrogen and oxygen atoms in total. The number of aryl methyl sites for hydroxylation is 1. The summed E-state index contributed by atoms with van der Waals surface area (Å²) in [6, 6.07) is 4.00. The van der Waals surface area contributed by atoms with Gasteiger partial charge in [-0.05, 0) is 30.0 Å². The third kappa shape index (κ3) is 2.42. The molecule has 2 aromatic heterocycles. The van der Waals surface area contributed by atoms with Gasteiger partial charge in [-0.3, -0.25) is 0 Å². The molecule has 0 aliphatic carbocycles. The first kappa shape index (κ1) is 10.7. The van der Waals surface area contributed by atoms with E-state index in [1.54, 1.807) is 11.3 Å². The zero-order valence-electron chi connectivity index (χ0n) is 7.90. The van der Waals surface area contributed by atoms with Crippen molar-refractivity contribution in [2.45, 2.75) is 16.2 Å². The summed E-state index contributed by atoms with van der Waals surface area (Å²) in [6.45, 7) is 1.82. The van der Waals surface area contributed by atoms with Gasteiger partial charge in [0.2, 0.25) is 5.28 Å². The third-order valence-electron chi connectivity index (χ3n) is 1.77. The number of anilines is 1. The molecule has 6 heteroatoms. The van der Waals surface area contributed by atoms with Gasteiger partial charge in [0.1, 0.15) is 5.03 Å². The fourth-order valence-electron chi connectivity index (χ4n) is 1.02. The van der Waals surface area contributed by atoms with Gasteiger partial charge in [0.15, 0.2) is 0 Å². The lowest BCUT2D eigenvalue weighted by Crippen LogP contribution is -1.98. The number of hydrogen-bond acceptors (Lipinski definition) is 5. The van der Waals surface area contributed by atoms with Crippen LogP contribution >= 0.6 is 34.7 Å². The molecule has 2 heterocycles. The molecule has 0 unspecified atom stereocenters. The molecule has 0 saturated carbocycles. The summed E-state index contributed by atoms with van der Waals surface area (Å²) in [4.78, 5) is 8.09. The van der Waals surface area contributed by atoms with Gasteiger partial charge in [-0.25, -0.2) is 9.97 Å². The van der Waals surface area contributed by atoms with Crippen molar-refractivity contribution in [3.8, 4) is 0 Å². The van der Waals surface area contributed by atoms with E-state index >= 15 is 0 Å². The Kier molecular flexibility index (Phi) is 3.14. The van der Waals surface area contributed by atoms with Crippen LogP contribution in [-0.4, -0.2) is 9.97 Å². The molecule has 0 fully saturated rings. The molecular weight excluding hydrogens is 250 g/mol. The maximum atomic E-state index is 5.87. The van der Waals surface area contributed by atoms with Gasteiger partial charge in [-0.1, -0.05) is 17.8 Å². The maximum Gasteiger partial charge on any atom is 0.223 e. The number of nitrogens with two attached hydrogens (primary N) is 1. The van der Waals surface area contributed by atoms with E-state index in [-0.39, 0.29) is 5.28 Å². The predicted octanol–water partition coefficient (Wildman–Crippen LogP) is 3.23. The number of nitrogens with zero attached hydrogens (tertiary/aromatic N) is 2. The Labute approximate surface area is 101 Å². The summed E-state index contributed by atoms with van der Waals surface area (Å²) in [5, 5.41) is 2.96. The highest BCUT2D eigenvalue weighted by atomic mass is 35.5. The Hall–Kier alpha value is -0.780. The van der Waals surface area contributed by atoms with Crippen LogP contribution in [0.3, 0.4) is 0 Å². The average molecular weight is 258 g/mol. The third-order valence-corrected chi connectivity index (χ3v) is 3.98. The molecule has 2 aromatic rings. The molecule has 15 heavy (non-hydrogen) atoms. The fourth-order valence-corrected chi connectivity index (χ4v) is 3.05. The smallest absolute Gasteiger partial charge is 0.223 e. The molecule has 0 saturated heterocycles. The molecule has 2 rings (SSSR count). The van der Waals surface area contributed by atoms with Crippen molar-refractivity contribution < 1.29 is 0 Å². The quantitative estimate of drug-likeness (QED) is 0.663. The Balaban J connectivity index is 2.36. The van der Waals surface area contributed by atoms with Crippen molar-refractivity contribution >= 4 is 40.4 Å². The highest BCUT2D eigenvalue weighted by Crippen LogP contribution is 2.34. The first-order chi connectivity index (χ1) is 7.16. The Morgan fingerprint density at radius 1 is 1.47 bits per heavy atom. The van der Waals surface area contributed by atoms with Gasteiger partial charge < -0.3 is 5.73 Å². The maximum absolute atomic E-state index is 5.87. The van der Waals surface area contributed by atoms with Crippen LogP contribution in [0.1, 0.15) is 5.69 Å². The summed E-state index contributed by atoms with van der Waals surface area (Å²) < 4.78 is 1.14. The lowest BCUT2D eigenvalue weighted by atomic mass is 10.4. The van der Waals surface area contributed by atoms with E-state index in [1.807, 2.05) is 24.4 Å². The molecule has 0 spiro atoms. The van der Waals surface area contributed by atoms with E-state index in [0.717, 1.165) is 9.24 Å². The minimum absolute atomic E-state index is 0.237. The molecule has 0 atom stereocenters. The SMILES string of the molecule is Cc1nc(Cl)nc(Sc2cccs2)c1N. The second-order valence-electron chi connectivity index (χ2n) is 2.83. The van der Waals surface area contributed by atoms with Crippen LogP contribution in [0.25, 0.3) is 0 Å². The van der Waals surface area contributed by atoms with E-state index in [1.165, 1.54) is 11.8 Å². The lowest BCUT2D eigenvalue weighted by Gasteiger charge is -2.05. The zero-order chi connectivity index (χ0) is 10.8. The second kappa shape index (κ2) is 4.38. The summed E-state index contributed by atoms with van der Waals surface area (Å²) in [7, 11) is 0. The summed E-state index contributed by atoms with van der Waals surface area (Å²) in [5.41, 5.74) is 7.18. The van der Waals surface area contributed by atoms with E-state index in [0.29, 0.717) is 11.4 Å². The van der Waals surface area contributed by atoms with Crippen LogP contribution in [0, 0.1) is 6.92 Å². The number of hydrogen-bond donors (Lipinski definition) is 1. The minimum Gasteiger partial charge on any atom is -0.395 e. The summed E-state index contributed by atoms with van der Waals surface area (Å²) in [6.07, 6.45) is 0. The van der Waals surface area contributed by atoms with Crippen LogP contribution in [0.5, 0.6) is 0 Å². The van der Waals surface area contributed by atoms with Crippen molar-refractivity contribution in [1.29, 1.82) is 0 Å². The van der Waals surface area contributed by atoms with Crippen LogP contribution < -0.4 is 5.73 Å². The molecule has 0 amide bonds. The Morgan fingerprint density at radius 2 is 2.27 bits per heavy atom. The first-order valence-electron chi connectivity index (χ1n) is 4.18. The summed E-state index contributed by atoms with van der Waals surface area (Å²) in [5.74, 6) is 0. The topological polar surface area (TPSA) is 51.8 Å². The van der Waals surface area contributed by atoms with Gasteiger partial charge in [0, 0.05) is 0 Å². The van der Waals surface area contributed by atoms with Gasteiger partial charge in [0.25, 0.3) is 0 Å². The van der Waals surface area contributed by atoms with Gasteiger partial charge >= 0.3 is 0 Å². The molecule has 0 aliphatic heterocycles. The highest BCUT2D eigenvalue weighted by molar-refractivity contribution is 8.01. The molecule has 0 bridgehead atoms. The van der Waals surface area contributed by atoms with Gasteiger partial charge in [-0.2, -0.15) is 0 Å². The molecule has 0 radical (unpaired) electrons. The number of nitrogen functional groups attached to an aromatic ring is 1. The molecule has 0 aromatic carbocycles. The van der Waals surface area contributed by atoms with Gasteiger partial charge in [-0.15, -0.1) is 11.3 Å². The van der Waals surface area contributed by atoms with E-state index < -0.39 is 0 Å². The summed E-state index contributed by atoms with van der Waals surface area (Å²) >= 11 is 8.92. The monoisotopic (exact) mass is 257 g/mol. The van der Waals surface area contributed by atoms with Crippen molar-refractivity contribution in [2.75, 3.05) is 5.73 Å². The highest BCUT2D eigenvalue weighted by Gasteiger charge is 2.09. The zero-order valence-corrected chi connectivity index (χ0v) is 10.3. The van der Waals surface area contributed by atoms with Crippen molar-refractivity contribution in [2.24, 2.45) is 0 Å². The first-order valence-corrected chi connectivity index (χ1v) is 6.25. The van der Waals surface area contributed by atoms with Gasteiger partial charge in [0.05, 0.1) is 15.6 Å². The van der Waals surface area contributed by atoms with E-state index in [2.05, 4.69) is 9.97 Å². The lowest BCUT2D eigenvalue weighted by molar-refractivity contribution is 1.02. The van der Waals surface area contributed by atoms with E-state index in [4.69, 9.17) is 17.3 Å². The minimum atomic E-state index is 0.237. The number of halogens is 1. The second-order valence-corrected chi connectivity index (χ2v) is 5.41. The van der Waals surface area contributed by atoms with Crippen LogP contribution in [-0.2, 0) is 0 Å². The van der Waals surface area contributed by atoms with Crippen molar-refractivity contribution in [3.05, 3.63) is 28.5 Å². The Bertz CT molecular complexity index is 470. The Morgan fingerprint density at radius 3 is 2.93 bits per heavy atom. The predicted molar refractivity (Wildman–Crippen MR) is 64.6 cm³/mol. The molecule has 78 valence electrons. The van der Waals surface area contributed by atoms with Crippen LogP contribution in [0.15, 0.2) is 26.7 Å².